The van der Waals surface area contributed by atoms with Crippen molar-refractivity contribution in [3.63, 3.8) is 0 Å². The van der Waals surface area contributed by atoms with E-state index < -0.39 is 6.04 Å². The molecule has 2 aliphatic rings. The molecule has 4 rings (SSSR count). The van der Waals surface area contributed by atoms with Crippen LogP contribution in [0.1, 0.15) is 30.9 Å². The van der Waals surface area contributed by atoms with Crippen LogP contribution in [0.3, 0.4) is 0 Å². The summed E-state index contributed by atoms with van der Waals surface area (Å²) in [5, 5.41) is 21.0. The summed E-state index contributed by atoms with van der Waals surface area (Å²) in [7, 11) is 1.59. The van der Waals surface area contributed by atoms with E-state index in [1.165, 1.54) is 4.90 Å². The highest BCUT2D eigenvalue weighted by atomic mass is 35.5. The molecular weight excluding hydrogens is 492 g/mol. The minimum atomic E-state index is -0.774. The first kappa shape index (κ1) is 26.8. The minimum absolute atomic E-state index is 0.00236. The van der Waals surface area contributed by atoms with Gasteiger partial charge in [0.1, 0.15) is 23.5 Å². The fraction of sp³-hybridized carbons (Fsp3) is 0.407. The lowest BCUT2D eigenvalue weighted by Crippen LogP contribution is -2.42. The van der Waals surface area contributed by atoms with Crippen molar-refractivity contribution < 1.29 is 14.3 Å². The molecule has 2 aliphatic heterocycles. The standard InChI is InChI=1S/C27H33ClN6O3/c1-18(29)34-24-9-8-21(36-2)16-22(24)26(19-4-6-20(28)7-5-19)32-23(27(34)30)17-25(35)31-10-3-11-33-12-14-37-15-13-33/h4-9,16,23,29-30H,3,10-15,17H2,1-2H3,(H,31,35). The van der Waals surface area contributed by atoms with Crippen LogP contribution in [0.15, 0.2) is 47.5 Å². The number of halogens is 1. The molecule has 0 spiro atoms. The Bertz CT molecular complexity index is 1180. The van der Waals surface area contributed by atoms with Crippen molar-refractivity contribution in [1.82, 2.24) is 10.2 Å². The van der Waals surface area contributed by atoms with Crippen LogP contribution in [-0.4, -0.2) is 80.7 Å². The summed E-state index contributed by atoms with van der Waals surface area (Å²) in [6.07, 6.45) is 0.840. The van der Waals surface area contributed by atoms with E-state index in [9.17, 15) is 4.79 Å². The van der Waals surface area contributed by atoms with E-state index in [2.05, 4.69) is 10.2 Å². The number of anilines is 1. The molecule has 0 saturated carbocycles. The van der Waals surface area contributed by atoms with Gasteiger partial charge >= 0.3 is 0 Å². The highest BCUT2D eigenvalue weighted by Gasteiger charge is 2.32. The maximum Gasteiger partial charge on any atom is 0.222 e. The van der Waals surface area contributed by atoms with E-state index in [0.717, 1.165) is 44.8 Å². The third-order valence-corrected chi connectivity index (χ3v) is 6.70. The number of nitrogens with one attached hydrogen (secondary N) is 3. The van der Waals surface area contributed by atoms with Crippen molar-refractivity contribution in [2.45, 2.75) is 25.8 Å². The number of aliphatic imine (C=N–C) groups is 1. The lowest BCUT2D eigenvalue weighted by atomic mass is 9.99. The van der Waals surface area contributed by atoms with E-state index in [1.54, 1.807) is 32.2 Å². The lowest BCUT2D eigenvalue weighted by Gasteiger charge is -2.27. The van der Waals surface area contributed by atoms with E-state index in [-0.39, 0.29) is 24.0 Å². The molecule has 1 saturated heterocycles. The Morgan fingerprint density at radius 1 is 1.22 bits per heavy atom. The Labute approximate surface area is 222 Å². The molecule has 2 aromatic rings. The summed E-state index contributed by atoms with van der Waals surface area (Å²) in [6.45, 7) is 6.41. The molecule has 1 fully saturated rings. The number of amides is 1. The molecular formula is C27H33ClN6O3. The van der Waals surface area contributed by atoms with E-state index in [0.29, 0.717) is 34.3 Å². The number of carbonyl (C=O) groups is 1. The van der Waals surface area contributed by atoms with Crippen LogP contribution in [-0.2, 0) is 9.53 Å². The van der Waals surface area contributed by atoms with Gasteiger partial charge in [-0.1, -0.05) is 23.7 Å². The number of ether oxygens (including phenoxy) is 2. The largest absolute Gasteiger partial charge is 0.497 e. The molecule has 3 N–H and O–H groups in total. The van der Waals surface area contributed by atoms with Crippen LogP contribution >= 0.6 is 11.6 Å². The predicted molar refractivity (Wildman–Crippen MR) is 147 cm³/mol. The van der Waals surface area contributed by atoms with Gasteiger partial charge in [0.05, 0.1) is 38.1 Å². The molecule has 2 heterocycles. The van der Waals surface area contributed by atoms with Gasteiger partial charge in [0.15, 0.2) is 0 Å². The Kier molecular flexibility index (Phi) is 8.91. The zero-order chi connectivity index (χ0) is 26.4. The molecule has 196 valence electrons. The molecule has 1 amide bonds. The molecule has 1 unspecified atom stereocenters. The molecule has 10 heteroatoms. The number of benzene rings is 2. The molecule has 9 nitrogen and oxygen atoms in total. The molecule has 2 aromatic carbocycles. The normalized spacial score (nSPS) is 18.0. The van der Waals surface area contributed by atoms with Crippen molar-refractivity contribution in [3.05, 3.63) is 58.6 Å². The van der Waals surface area contributed by atoms with Gasteiger partial charge in [0, 0.05) is 35.8 Å². The average molecular weight is 525 g/mol. The Balaban J connectivity index is 1.59. The van der Waals surface area contributed by atoms with Crippen LogP contribution in [0.4, 0.5) is 5.69 Å². The van der Waals surface area contributed by atoms with Crippen molar-refractivity contribution in [3.8, 4) is 5.75 Å². The number of nitrogens with zero attached hydrogens (tertiary/aromatic N) is 3. The van der Waals surface area contributed by atoms with E-state index in [4.69, 9.17) is 36.9 Å². The number of hydrogen-bond acceptors (Lipinski definition) is 7. The van der Waals surface area contributed by atoms with Gasteiger partial charge in [-0.25, -0.2) is 0 Å². The quantitative estimate of drug-likeness (QED) is 0.277. The van der Waals surface area contributed by atoms with E-state index >= 15 is 0 Å². The molecule has 0 radical (unpaired) electrons. The fourth-order valence-electron chi connectivity index (χ4n) is 4.54. The first-order valence-corrected chi connectivity index (χ1v) is 12.8. The first-order chi connectivity index (χ1) is 17.9. The van der Waals surface area contributed by atoms with Crippen molar-refractivity contribution in [1.29, 1.82) is 10.8 Å². The third-order valence-electron chi connectivity index (χ3n) is 6.45. The molecule has 0 aliphatic carbocycles. The third kappa shape index (κ3) is 6.54. The second-order valence-electron chi connectivity index (χ2n) is 9.05. The summed E-state index contributed by atoms with van der Waals surface area (Å²) < 4.78 is 10.8. The molecule has 1 atom stereocenters. The van der Waals surface area contributed by atoms with Gasteiger partial charge in [-0.3, -0.25) is 30.4 Å². The summed E-state index contributed by atoms with van der Waals surface area (Å²) in [4.78, 5) is 21.7. The van der Waals surface area contributed by atoms with Crippen LogP contribution < -0.4 is 15.0 Å². The minimum Gasteiger partial charge on any atom is -0.497 e. The number of rotatable bonds is 8. The molecule has 0 aromatic heterocycles. The summed E-state index contributed by atoms with van der Waals surface area (Å²) in [5.74, 6) is 0.694. The zero-order valence-corrected chi connectivity index (χ0v) is 22.0. The number of morpholine rings is 1. The molecule has 37 heavy (non-hydrogen) atoms. The number of fused-ring (bicyclic) bond motifs is 1. The second-order valence-corrected chi connectivity index (χ2v) is 9.49. The Morgan fingerprint density at radius 3 is 2.62 bits per heavy atom. The van der Waals surface area contributed by atoms with Gasteiger partial charge in [0.2, 0.25) is 5.91 Å². The second kappa shape index (κ2) is 12.3. The summed E-state index contributed by atoms with van der Waals surface area (Å²) in [5.41, 5.74) is 2.77. The predicted octanol–water partition coefficient (Wildman–Crippen LogP) is 3.58. The summed E-state index contributed by atoms with van der Waals surface area (Å²) in [6, 6.07) is 12.0. The average Bonchev–Trinajstić information content (AvgIpc) is 3.01. The number of methoxy groups -OCH3 is 1. The van der Waals surface area contributed by atoms with Crippen molar-refractivity contribution in [2.75, 3.05) is 51.4 Å². The van der Waals surface area contributed by atoms with Crippen LogP contribution in [0.2, 0.25) is 5.02 Å². The summed E-state index contributed by atoms with van der Waals surface area (Å²) >= 11 is 6.13. The van der Waals surface area contributed by atoms with Gasteiger partial charge in [0.25, 0.3) is 0 Å². The smallest absolute Gasteiger partial charge is 0.222 e. The topological polar surface area (TPSA) is 114 Å². The van der Waals surface area contributed by atoms with Gasteiger partial charge < -0.3 is 14.8 Å². The number of carbonyl (C=O) groups excluding carboxylic acids is 1. The number of hydrogen-bond donors (Lipinski definition) is 3. The maximum atomic E-state index is 12.9. The number of amidine groups is 2. The SMILES string of the molecule is COc1ccc2c(c1)C(c1ccc(Cl)cc1)=NC(CC(=O)NCCCN1CCOCC1)C(=N)N2C(C)=N. The highest BCUT2D eigenvalue weighted by molar-refractivity contribution is 6.31. The lowest BCUT2D eigenvalue weighted by molar-refractivity contribution is -0.121. The Morgan fingerprint density at radius 2 is 1.95 bits per heavy atom. The van der Waals surface area contributed by atoms with Crippen molar-refractivity contribution >= 4 is 40.6 Å². The monoisotopic (exact) mass is 524 g/mol. The highest BCUT2D eigenvalue weighted by Crippen LogP contribution is 2.33. The van der Waals surface area contributed by atoms with Crippen LogP contribution in [0, 0.1) is 10.8 Å². The molecule has 0 bridgehead atoms. The van der Waals surface area contributed by atoms with Gasteiger partial charge in [-0.05, 0) is 50.2 Å². The van der Waals surface area contributed by atoms with Gasteiger partial charge in [-0.2, -0.15) is 0 Å². The Hall–Kier alpha value is -3.27. The fourth-order valence-corrected chi connectivity index (χ4v) is 4.66. The van der Waals surface area contributed by atoms with Crippen molar-refractivity contribution in [2.24, 2.45) is 4.99 Å². The maximum absolute atomic E-state index is 12.9. The first-order valence-electron chi connectivity index (χ1n) is 12.4. The van der Waals surface area contributed by atoms with Crippen LogP contribution in [0.25, 0.3) is 0 Å². The zero-order valence-electron chi connectivity index (χ0n) is 21.2. The van der Waals surface area contributed by atoms with E-state index in [1.807, 2.05) is 24.3 Å². The van der Waals surface area contributed by atoms with Crippen LogP contribution in [0.5, 0.6) is 5.75 Å². The van der Waals surface area contributed by atoms with Gasteiger partial charge in [-0.15, -0.1) is 0 Å². The number of benzodiazepines with no additional fused rings is 1.